The van der Waals surface area contributed by atoms with E-state index in [1.54, 1.807) is 4.90 Å². The van der Waals surface area contributed by atoms with Gasteiger partial charge in [0.2, 0.25) is 5.91 Å². The molecule has 98 valence electrons. The average Bonchev–Trinajstić information content (AvgIpc) is 2.73. The average molecular weight is 248 g/mol. The normalized spacial score (nSPS) is 27.2. The Hall–Kier alpha value is -1.39. The summed E-state index contributed by atoms with van der Waals surface area (Å²) in [7, 11) is 0. The molecule has 0 aliphatic carbocycles. The number of hydrogen-bond acceptors (Lipinski definition) is 3. The highest BCUT2D eigenvalue weighted by molar-refractivity contribution is 5.98. The molecule has 0 saturated carbocycles. The summed E-state index contributed by atoms with van der Waals surface area (Å²) in [4.78, 5) is 14.4. The molecule has 1 amide bonds. The van der Waals surface area contributed by atoms with E-state index in [2.05, 4.69) is 0 Å². The van der Waals surface area contributed by atoms with Crippen molar-refractivity contribution in [2.45, 2.75) is 19.9 Å². The fraction of sp³-hybridized carbons (Fsp3) is 0.500. The van der Waals surface area contributed by atoms with Crippen LogP contribution in [0.25, 0.3) is 0 Å². The maximum absolute atomic E-state index is 12.7. The van der Waals surface area contributed by atoms with Gasteiger partial charge in [-0.1, -0.05) is 18.2 Å². The van der Waals surface area contributed by atoms with Crippen molar-refractivity contribution in [3.05, 3.63) is 30.3 Å². The summed E-state index contributed by atoms with van der Waals surface area (Å²) in [5.41, 5.74) is 6.30. The van der Waals surface area contributed by atoms with Crippen LogP contribution < -0.4 is 10.6 Å². The zero-order chi connectivity index (χ0) is 13.2. The smallest absolute Gasteiger partial charge is 0.236 e. The third-order valence-electron chi connectivity index (χ3n) is 3.64. The molecule has 2 N–H and O–H groups in total. The van der Waals surface area contributed by atoms with Gasteiger partial charge in [0.25, 0.3) is 0 Å². The zero-order valence-electron chi connectivity index (χ0n) is 10.9. The minimum Gasteiger partial charge on any atom is -0.379 e. The van der Waals surface area contributed by atoms with E-state index in [1.807, 2.05) is 44.2 Å². The fourth-order valence-corrected chi connectivity index (χ4v) is 2.27. The molecule has 2 atom stereocenters. The highest BCUT2D eigenvalue weighted by Gasteiger charge is 2.46. The summed E-state index contributed by atoms with van der Waals surface area (Å²) in [6, 6.07) is 9.44. The molecule has 1 saturated heterocycles. The van der Waals surface area contributed by atoms with Crippen LogP contribution in [-0.2, 0) is 9.53 Å². The van der Waals surface area contributed by atoms with Crippen LogP contribution in [0.2, 0.25) is 0 Å². The quantitative estimate of drug-likeness (QED) is 0.879. The maximum Gasteiger partial charge on any atom is 0.236 e. The molecule has 1 aliphatic rings. The molecule has 1 aromatic carbocycles. The van der Waals surface area contributed by atoms with E-state index >= 15 is 0 Å². The van der Waals surface area contributed by atoms with Crippen molar-refractivity contribution in [3.63, 3.8) is 0 Å². The van der Waals surface area contributed by atoms with Gasteiger partial charge in [-0.15, -0.1) is 0 Å². The Bertz CT molecular complexity index is 421. The molecule has 1 aromatic rings. The number of anilines is 1. The van der Waals surface area contributed by atoms with Gasteiger partial charge in [-0.3, -0.25) is 4.79 Å². The van der Waals surface area contributed by atoms with Gasteiger partial charge < -0.3 is 15.4 Å². The van der Waals surface area contributed by atoms with Gasteiger partial charge >= 0.3 is 0 Å². The fourth-order valence-electron chi connectivity index (χ4n) is 2.27. The van der Waals surface area contributed by atoms with Crippen LogP contribution in [0.15, 0.2) is 30.3 Å². The summed E-state index contributed by atoms with van der Waals surface area (Å²) in [6.45, 7) is 5.34. The Morgan fingerprint density at radius 2 is 2.17 bits per heavy atom. The van der Waals surface area contributed by atoms with Crippen molar-refractivity contribution in [2.75, 3.05) is 24.7 Å². The lowest BCUT2D eigenvalue weighted by atomic mass is 9.84. The maximum atomic E-state index is 12.7. The van der Waals surface area contributed by atoms with Crippen LogP contribution in [0.5, 0.6) is 0 Å². The van der Waals surface area contributed by atoms with E-state index in [-0.39, 0.29) is 11.9 Å². The number of carbonyl (C=O) groups excluding carboxylic acids is 1. The second-order valence-electron chi connectivity index (χ2n) is 4.92. The lowest BCUT2D eigenvalue weighted by molar-refractivity contribution is -0.127. The highest BCUT2D eigenvalue weighted by atomic mass is 16.5. The van der Waals surface area contributed by atoms with Crippen LogP contribution in [-0.4, -0.2) is 31.7 Å². The number of carbonyl (C=O) groups is 1. The van der Waals surface area contributed by atoms with Crippen LogP contribution in [0.3, 0.4) is 0 Å². The third-order valence-corrected chi connectivity index (χ3v) is 3.64. The second kappa shape index (κ2) is 5.08. The van der Waals surface area contributed by atoms with Gasteiger partial charge in [0.1, 0.15) is 0 Å². The van der Waals surface area contributed by atoms with Crippen molar-refractivity contribution >= 4 is 11.6 Å². The third kappa shape index (κ3) is 2.13. The molecule has 0 aromatic heterocycles. The zero-order valence-corrected chi connectivity index (χ0v) is 10.9. The molecule has 2 unspecified atom stereocenters. The lowest BCUT2D eigenvalue weighted by Crippen LogP contribution is -2.51. The van der Waals surface area contributed by atoms with Gasteiger partial charge in [-0.2, -0.15) is 0 Å². The van der Waals surface area contributed by atoms with E-state index in [4.69, 9.17) is 10.5 Å². The highest BCUT2D eigenvalue weighted by Crippen LogP contribution is 2.31. The summed E-state index contributed by atoms with van der Waals surface area (Å²) in [5, 5.41) is 0. The van der Waals surface area contributed by atoms with E-state index in [0.717, 1.165) is 5.69 Å². The van der Waals surface area contributed by atoms with Crippen molar-refractivity contribution in [3.8, 4) is 0 Å². The molecular weight excluding hydrogens is 228 g/mol. The molecule has 1 aliphatic heterocycles. The number of rotatable bonds is 3. The summed E-state index contributed by atoms with van der Waals surface area (Å²) in [5.74, 6) is 0.0428. The number of nitrogens with two attached hydrogens (primary N) is 1. The van der Waals surface area contributed by atoms with Gasteiger partial charge in [0.05, 0.1) is 18.6 Å². The first-order valence-corrected chi connectivity index (χ1v) is 6.30. The predicted octanol–water partition coefficient (Wildman–Crippen LogP) is 1.40. The SMILES string of the molecule is CCN(C(=O)C1(C)COCC1N)c1ccccc1. The van der Waals surface area contributed by atoms with Gasteiger partial charge in [0, 0.05) is 18.3 Å². The van der Waals surface area contributed by atoms with E-state index in [0.29, 0.717) is 19.8 Å². The van der Waals surface area contributed by atoms with Crippen LogP contribution in [0.1, 0.15) is 13.8 Å². The molecule has 0 spiro atoms. The molecule has 1 fully saturated rings. The van der Waals surface area contributed by atoms with Crippen LogP contribution in [0.4, 0.5) is 5.69 Å². The Balaban J connectivity index is 2.26. The first kappa shape index (κ1) is 13.1. The minimum atomic E-state index is -0.619. The van der Waals surface area contributed by atoms with Gasteiger partial charge in [-0.05, 0) is 26.0 Å². The number of nitrogens with zero attached hydrogens (tertiary/aromatic N) is 1. The van der Waals surface area contributed by atoms with Gasteiger partial charge in [-0.25, -0.2) is 0 Å². The Kier molecular flexibility index (Phi) is 3.68. The molecule has 18 heavy (non-hydrogen) atoms. The van der Waals surface area contributed by atoms with E-state index in [9.17, 15) is 4.79 Å². The van der Waals surface area contributed by atoms with Crippen LogP contribution >= 0.6 is 0 Å². The predicted molar refractivity (Wildman–Crippen MR) is 71.4 cm³/mol. The Labute approximate surface area is 108 Å². The summed E-state index contributed by atoms with van der Waals surface area (Å²) in [6.07, 6.45) is 0. The number of ether oxygens (including phenoxy) is 1. The number of benzene rings is 1. The second-order valence-corrected chi connectivity index (χ2v) is 4.92. The first-order valence-electron chi connectivity index (χ1n) is 6.30. The number of amides is 1. The molecule has 0 radical (unpaired) electrons. The Morgan fingerprint density at radius 3 is 2.67 bits per heavy atom. The molecule has 4 nitrogen and oxygen atoms in total. The molecule has 1 heterocycles. The molecule has 0 bridgehead atoms. The standard InChI is InChI=1S/C14H20N2O2/c1-3-16(11-7-5-4-6-8-11)13(17)14(2)10-18-9-12(14)15/h4-8,12H,3,9-10,15H2,1-2H3. The Morgan fingerprint density at radius 1 is 1.50 bits per heavy atom. The lowest BCUT2D eigenvalue weighted by Gasteiger charge is -2.32. The molecular formula is C14H20N2O2. The first-order chi connectivity index (χ1) is 8.59. The van der Waals surface area contributed by atoms with Gasteiger partial charge in [0.15, 0.2) is 0 Å². The number of hydrogen-bond donors (Lipinski definition) is 1. The van der Waals surface area contributed by atoms with E-state index in [1.165, 1.54) is 0 Å². The van der Waals surface area contributed by atoms with E-state index < -0.39 is 5.41 Å². The number of para-hydroxylation sites is 1. The summed E-state index contributed by atoms with van der Waals surface area (Å²) < 4.78 is 5.35. The minimum absolute atomic E-state index is 0.0428. The van der Waals surface area contributed by atoms with Crippen molar-refractivity contribution < 1.29 is 9.53 Å². The largest absolute Gasteiger partial charge is 0.379 e. The van der Waals surface area contributed by atoms with Crippen molar-refractivity contribution in [2.24, 2.45) is 11.1 Å². The monoisotopic (exact) mass is 248 g/mol. The van der Waals surface area contributed by atoms with Crippen LogP contribution in [0, 0.1) is 5.41 Å². The molecule has 2 rings (SSSR count). The van der Waals surface area contributed by atoms with Crippen molar-refractivity contribution in [1.82, 2.24) is 0 Å². The molecule has 4 heteroatoms. The van der Waals surface area contributed by atoms with Crippen molar-refractivity contribution in [1.29, 1.82) is 0 Å². The summed E-state index contributed by atoms with van der Waals surface area (Å²) >= 11 is 0. The topological polar surface area (TPSA) is 55.6 Å².